The molecule has 1 heterocycles. The molecule has 3 nitrogen and oxygen atoms in total. The minimum Gasteiger partial charge on any atom is -0.508 e. The predicted molar refractivity (Wildman–Crippen MR) is 125 cm³/mol. The second-order valence-corrected chi connectivity index (χ2v) is 8.42. The first kappa shape index (κ1) is 24.9. The van der Waals surface area contributed by atoms with Crippen molar-refractivity contribution in [1.82, 2.24) is 10.2 Å². The lowest BCUT2D eigenvalue weighted by molar-refractivity contribution is 0.218. The fourth-order valence-corrected chi connectivity index (χ4v) is 4.87. The summed E-state index contributed by atoms with van der Waals surface area (Å²) >= 11 is 0. The van der Waals surface area contributed by atoms with Gasteiger partial charge in [0.1, 0.15) is 11.6 Å². The molecular weight excluding hydrogens is 422 g/mol. The van der Waals surface area contributed by atoms with E-state index in [1.165, 1.54) is 19.3 Å². The summed E-state index contributed by atoms with van der Waals surface area (Å²) in [7, 11) is 0. The molecule has 30 heavy (non-hydrogen) atoms. The second kappa shape index (κ2) is 11.3. The Bertz CT molecular complexity index is 806. The number of aromatic hydroxyl groups is 1. The summed E-state index contributed by atoms with van der Waals surface area (Å²) in [5.74, 6) is 0.257. The number of phenolic OH excluding ortho intramolecular Hbond substituents is 1. The van der Waals surface area contributed by atoms with Crippen molar-refractivity contribution in [3.05, 3.63) is 65.0 Å². The van der Waals surface area contributed by atoms with Gasteiger partial charge in [0.15, 0.2) is 0 Å². The number of hydrogen-bond acceptors (Lipinski definition) is 3. The van der Waals surface area contributed by atoms with Gasteiger partial charge < -0.3 is 10.4 Å². The first-order chi connectivity index (χ1) is 13.7. The van der Waals surface area contributed by atoms with Crippen molar-refractivity contribution in [2.45, 2.75) is 63.6 Å². The van der Waals surface area contributed by atoms with E-state index in [1.54, 1.807) is 18.2 Å². The molecule has 0 bridgehead atoms. The Morgan fingerprint density at radius 2 is 1.63 bits per heavy atom. The summed E-state index contributed by atoms with van der Waals surface area (Å²) in [5, 5.41) is 14.0. The molecule has 1 aliphatic heterocycles. The van der Waals surface area contributed by atoms with E-state index in [0.717, 1.165) is 62.0 Å². The molecule has 4 rings (SSSR count). The van der Waals surface area contributed by atoms with Crippen molar-refractivity contribution in [3.8, 4) is 5.75 Å². The number of benzene rings is 2. The van der Waals surface area contributed by atoms with Crippen molar-refractivity contribution in [2.24, 2.45) is 0 Å². The zero-order valence-electron chi connectivity index (χ0n) is 17.4. The van der Waals surface area contributed by atoms with Gasteiger partial charge in [-0.2, -0.15) is 0 Å². The monoisotopic (exact) mass is 454 g/mol. The number of rotatable bonds is 6. The molecule has 2 aromatic rings. The highest BCUT2D eigenvalue weighted by Crippen LogP contribution is 2.40. The van der Waals surface area contributed by atoms with Crippen LogP contribution in [-0.4, -0.2) is 23.1 Å². The molecule has 1 saturated heterocycles. The topological polar surface area (TPSA) is 35.5 Å². The molecule has 2 aromatic carbocycles. The van der Waals surface area contributed by atoms with Gasteiger partial charge >= 0.3 is 0 Å². The Balaban J connectivity index is 0.00000160. The number of phenols is 1. The van der Waals surface area contributed by atoms with Gasteiger partial charge in [0.25, 0.3) is 0 Å². The molecule has 0 atom stereocenters. The van der Waals surface area contributed by atoms with Gasteiger partial charge in [-0.25, -0.2) is 4.39 Å². The molecule has 0 amide bonds. The molecule has 6 heteroatoms. The van der Waals surface area contributed by atoms with Crippen LogP contribution in [0.4, 0.5) is 4.39 Å². The maximum atomic E-state index is 14.5. The first-order valence-electron chi connectivity index (χ1n) is 10.7. The van der Waals surface area contributed by atoms with E-state index in [-0.39, 0.29) is 36.2 Å². The fraction of sp³-hybridized carbons (Fsp3) is 0.500. The van der Waals surface area contributed by atoms with Crippen LogP contribution in [0.2, 0.25) is 0 Å². The fourth-order valence-electron chi connectivity index (χ4n) is 4.87. The smallest absolute Gasteiger partial charge is 0.128 e. The maximum absolute atomic E-state index is 14.5. The third-order valence-electron chi connectivity index (χ3n) is 6.46. The number of hydrogen-bond donors (Lipinski definition) is 2. The number of nitrogens with one attached hydrogen (secondary N) is 1. The van der Waals surface area contributed by atoms with E-state index in [4.69, 9.17) is 0 Å². The third kappa shape index (κ3) is 5.67. The van der Waals surface area contributed by atoms with E-state index in [0.29, 0.717) is 12.3 Å². The highest BCUT2D eigenvalue weighted by atomic mass is 35.5. The Hall–Kier alpha value is -1.33. The van der Waals surface area contributed by atoms with E-state index in [9.17, 15) is 9.50 Å². The Labute approximate surface area is 191 Å². The average Bonchev–Trinajstić information content (AvgIpc) is 3.20. The Morgan fingerprint density at radius 3 is 2.33 bits per heavy atom. The van der Waals surface area contributed by atoms with Crippen LogP contribution in [0.3, 0.4) is 0 Å². The zero-order valence-corrected chi connectivity index (χ0v) is 19.0. The molecule has 2 aliphatic rings. The van der Waals surface area contributed by atoms with Crippen molar-refractivity contribution < 1.29 is 9.50 Å². The van der Waals surface area contributed by atoms with Gasteiger partial charge in [0, 0.05) is 29.8 Å². The summed E-state index contributed by atoms with van der Waals surface area (Å²) in [6, 6.07) is 13.1. The van der Waals surface area contributed by atoms with Crippen LogP contribution in [0.5, 0.6) is 5.75 Å². The van der Waals surface area contributed by atoms with Gasteiger partial charge in [0.05, 0.1) is 0 Å². The van der Waals surface area contributed by atoms with Crippen molar-refractivity contribution in [2.75, 3.05) is 13.1 Å². The molecule has 0 unspecified atom stereocenters. The minimum absolute atomic E-state index is 0. The van der Waals surface area contributed by atoms with Crippen LogP contribution >= 0.6 is 24.8 Å². The number of nitrogens with zero attached hydrogens (tertiary/aromatic N) is 1. The van der Waals surface area contributed by atoms with Crippen LogP contribution in [0, 0.1) is 5.82 Å². The van der Waals surface area contributed by atoms with Gasteiger partial charge in [-0.05, 0) is 62.5 Å². The van der Waals surface area contributed by atoms with Crippen molar-refractivity contribution in [3.63, 3.8) is 0 Å². The molecule has 166 valence electrons. The first-order valence-corrected chi connectivity index (χ1v) is 10.7. The average molecular weight is 455 g/mol. The molecule has 2 N–H and O–H groups in total. The Kier molecular flexibility index (Phi) is 9.42. The van der Waals surface area contributed by atoms with Crippen LogP contribution in [0.1, 0.15) is 61.6 Å². The van der Waals surface area contributed by atoms with Gasteiger partial charge in [-0.3, -0.25) is 4.90 Å². The molecule has 1 aliphatic carbocycles. The van der Waals surface area contributed by atoms with E-state index in [1.807, 2.05) is 18.2 Å². The standard InChI is InChI=1S/C24H31FN2O.2ClH/c25-22-9-3-2-8-21(22)24(12-4-5-13-24)26-17-19-10-11-23(28)20(16-19)18-27-14-6-1-7-15-27;;/h2-3,8-11,16,26,28H,1,4-7,12-15,17-18H2;2*1H. The normalized spacial score (nSPS) is 18.4. The summed E-state index contributed by atoms with van der Waals surface area (Å²) < 4.78 is 14.5. The number of piperidine rings is 1. The number of likely N-dealkylation sites (tertiary alicyclic amines) is 1. The predicted octanol–water partition coefficient (Wildman–Crippen LogP) is 5.92. The maximum Gasteiger partial charge on any atom is 0.128 e. The highest BCUT2D eigenvalue weighted by molar-refractivity contribution is 5.85. The third-order valence-corrected chi connectivity index (χ3v) is 6.46. The van der Waals surface area contributed by atoms with Crippen LogP contribution in [0.25, 0.3) is 0 Å². The molecule has 0 aromatic heterocycles. The Morgan fingerprint density at radius 1 is 0.933 bits per heavy atom. The summed E-state index contributed by atoms with van der Waals surface area (Å²) in [6.07, 6.45) is 7.97. The molecule has 0 spiro atoms. The van der Waals surface area contributed by atoms with E-state index in [2.05, 4.69) is 16.3 Å². The van der Waals surface area contributed by atoms with Gasteiger partial charge in [0.2, 0.25) is 0 Å². The SMILES string of the molecule is Cl.Cl.Oc1ccc(CNC2(c3ccccc3F)CCCC2)cc1CN1CCCCC1. The summed E-state index contributed by atoms with van der Waals surface area (Å²) in [4.78, 5) is 2.42. The molecule has 2 fully saturated rings. The summed E-state index contributed by atoms with van der Waals surface area (Å²) in [6.45, 7) is 3.70. The van der Waals surface area contributed by atoms with Crippen LogP contribution in [0.15, 0.2) is 42.5 Å². The van der Waals surface area contributed by atoms with Gasteiger partial charge in [-0.1, -0.05) is 43.5 Å². The number of halogens is 3. The highest BCUT2D eigenvalue weighted by Gasteiger charge is 2.37. The van der Waals surface area contributed by atoms with Crippen LogP contribution in [-0.2, 0) is 18.6 Å². The van der Waals surface area contributed by atoms with Crippen LogP contribution < -0.4 is 5.32 Å². The molecular formula is C24H33Cl2FN2O. The quantitative estimate of drug-likeness (QED) is 0.568. The van der Waals surface area contributed by atoms with Crippen molar-refractivity contribution in [1.29, 1.82) is 0 Å². The minimum atomic E-state index is -0.281. The zero-order chi connectivity index (χ0) is 19.4. The van der Waals surface area contributed by atoms with Crippen molar-refractivity contribution >= 4 is 24.8 Å². The molecule has 0 radical (unpaired) electrons. The largest absolute Gasteiger partial charge is 0.508 e. The molecule has 1 saturated carbocycles. The second-order valence-electron chi connectivity index (χ2n) is 8.42. The lowest BCUT2D eigenvalue weighted by Gasteiger charge is -2.32. The van der Waals surface area contributed by atoms with E-state index >= 15 is 0 Å². The van der Waals surface area contributed by atoms with E-state index < -0.39 is 0 Å². The summed E-state index contributed by atoms with van der Waals surface area (Å²) in [5.41, 5.74) is 2.65. The lowest BCUT2D eigenvalue weighted by Crippen LogP contribution is -2.40. The van der Waals surface area contributed by atoms with Gasteiger partial charge in [-0.15, -0.1) is 24.8 Å². The lowest BCUT2D eigenvalue weighted by atomic mass is 9.87.